The van der Waals surface area contributed by atoms with Crippen molar-refractivity contribution in [2.24, 2.45) is 0 Å². The maximum absolute atomic E-state index is 5.24. The van der Waals surface area contributed by atoms with E-state index in [1.165, 1.54) is 0 Å². The molecule has 0 saturated heterocycles. The standard InChI is InChI=1S/C10H19N3O/c1-5-13-9(6-11-8(2)3)10(14-4)7-12-13/h7-8,11H,5-6H2,1-4H3. The average Bonchev–Trinajstić information content (AvgIpc) is 2.56. The van der Waals surface area contributed by atoms with Crippen LogP contribution in [0.15, 0.2) is 6.20 Å². The van der Waals surface area contributed by atoms with Crippen LogP contribution in [0.4, 0.5) is 0 Å². The van der Waals surface area contributed by atoms with Gasteiger partial charge in [0.15, 0.2) is 5.75 Å². The summed E-state index contributed by atoms with van der Waals surface area (Å²) in [5.41, 5.74) is 1.11. The Morgan fingerprint density at radius 3 is 2.79 bits per heavy atom. The lowest BCUT2D eigenvalue weighted by molar-refractivity contribution is 0.402. The fourth-order valence-electron chi connectivity index (χ4n) is 1.32. The van der Waals surface area contributed by atoms with Crippen molar-refractivity contribution in [3.63, 3.8) is 0 Å². The first kappa shape index (κ1) is 11.0. The Bertz CT molecular complexity index is 259. The highest BCUT2D eigenvalue weighted by molar-refractivity contribution is 5.24. The summed E-state index contributed by atoms with van der Waals surface area (Å²) in [7, 11) is 1.68. The van der Waals surface area contributed by atoms with E-state index in [0.29, 0.717) is 6.04 Å². The number of nitrogens with one attached hydrogen (secondary N) is 1. The normalized spacial score (nSPS) is 10.9. The third-order valence-electron chi connectivity index (χ3n) is 2.11. The third-order valence-corrected chi connectivity index (χ3v) is 2.11. The molecule has 1 heterocycles. The van der Waals surface area contributed by atoms with Crippen molar-refractivity contribution < 1.29 is 4.74 Å². The number of ether oxygens (including phenoxy) is 1. The Morgan fingerprint density at radius 2 is 2.29 bits per heavy atom. The van der Waals surface area contributed by atoms with Crippen LogP contribution in [0.3, 0.4) is 0 Å². The van der Waals surface area contributed by atoms with E-state index in [1.54, 1.807) is 13.3 Å². The lowest BCUT2D eigenvalue weighted by Gasteiger charge is -2.10. The molecule has 0 radical (unpaired) electrons. The van der Waals surface area contributed by atoms with Gasteiger partial charge in [-0.25, -0.2) is 0 Å². The number of hydrogen-bond donors (Lipinski definition) is 1. The minimum atomic E-state index is 0.472. The summed E-state index contributed by atoms with van der Waals surface area (Å²) in [5.74, 6) is 0.861. The summed E-state index contributed by atoms with van der Waals surface area (Å²) >= 11 is 0. The van der Waals surface area contributed by atoms with Crippen LogP contribution in [0.2, 0.25) is 0 Å². The molecule has 0 unspecified atom stereocenters. The van der Waals surface area contributed by atoms with Crippen LogP contribution in [0, 0.1) is 0 Å². The number of aryl methyl sites for hydroxylation is 1. The molecular formula is C10H19N3O. The molecule has 0 atom stereocenters. The van der Waals surface area contributed by atoms with Gasteiger partial charge in [0.25, 0.3) is 0 Å². The number of methoxy groups -OCH3 is 1. The topological polar surface area (TPSA) is 39.1 Å². The van der Waals surface area contributed by atoms with Crippen LogP contribution in [-0.2, 0) is 13.1 Å². The van der Waals surface area contributed by atoms with E-state index in [9.17, 15) is 0 Å². The van der Waals surface area contributed by atoms with Gasteiger partial charge in [-0.15, -0.1) is 0 Å². The van der Waals surface area contributed by atoms with Gasteiger partial charge in [-0.05, 0) is 6.92 Å². The Labute approximate surface area is 85.3 Å². The van der Waals surface area contributed by atoms with Gasteiger partial charge >= 0.3 is 0 Å². The van der Waals surface area contributed by atoms with Crippen molar-refractivity contribution >= 4 is 0 Å². The van der Waals surface area contributed by atoms with E-state index >= 15 is 0 Å². The quantitative estimate of drug-likeness (QED) is 0.775. The fraction of sp³-hybridized carbons (Fsp3) is 0.700. The second kappa shape index (κ2) is 5.00. The van der Waals surface area contributed by atoms with Crippen LogP contribution in [-0.4, -0.2) is 22.9 Å². The van der Waals surface area contributed by atoms with Crippen molar-refractivity contribution in [3.05, 3.63) is 11.9 Å². The molecule has 4 nitrogen and oxygen atoms in total. The fourth-order valence-corrected chi connectivity index (χ4v) is 1.32. The van der Waals surface area contributed by atoms with Gasteiger partial charge in [-0.1, -0.05) is 13.8 Å². The molecule has 0 spiro atoms. The zero-order valence-electron chi connectivity index (χ0n) is 9.37. The highest BCUT2D eigenvalue weighted by Crippen LogP contribution is 2.16. The zero-order chi connectivity index (χ0) is 10.6. The molecular weight excluding hydrogens is 178 g/mol. The van der Waals surface area contributed by atoms with E-state index in [0.717, 1.165) is 24.5 Å². The molecule has 0 fully saturated rings. The molecule has 0 aliphatic rings. The summed E-state index contributed by atoms with van der Waals surface area (Å²) in [6, 6.07) is 0.472. The maximum atomic E-state index is 5.24. The largest absolute Gasteiger partial charge is 0.493 e. The first-order valence-electron chi connectivity index (χ1n) is 5.01. The van der Waals surface area contributed by atoms with Crippen molar-refractivity contribution in [2.75, 3.05) is 7.11 Å². The predicted molar refractivity (Wildman–Crippen MR) is 56.4 cm³/mol. The molecule has 0 bridgehead atoms. The van der Waals surface area contributed by atoms with Gasteiger partial charge in [-0.3, -0.25) is 4.68 Å². The van der Waals surface area contributed by atoms with E-state index in [2.05, 4.69) is 31.2 Å². The molecule has 0 aliphatic carbocycles. The van der Waals surface area contributed by atoms with Gasteiger partial charge < -0.3 is 10.1 Å². The van der Waals surface area contributed by atoms with Gasteiger partial charge in [-0.2, -0.15) is 5.10 Å². The minimum absolute atomic E-state index is 0.472. The summed E-state index contributed by atoms with van der Waals surface area (Å²) < 4.78 is 7.19. The monoisotopic (exact) mass is 197 g/mol. The lowest BCUT2D eigenvalue weighted by atomic mass is 10.3. The van der Waals surface area contributed by atoms with Gasteiger partial charge in [0.2, 0.25) is 0 Å². The molecule has 1 rings (SSSR count). The molecule has 0 aliphatic heterocycles. The van der Waals surface area contributed by atoms with Gasteiger partial charge in [0, 0.05) is 19.1 Å². The molecule has 0 aromatic carbocycles. The van der Waals surface area contributed by atoms with Gasteiger partial charge in [0.1, 0.15) is 0 Å². The lowest BCUT2D eigenvalue weighted by Crippen LogP contribution is -2.24. The molecule has 1 aromatic heterocycles. The predicted octanol–water partition coefficient (Wildman–Crippen LogP) is 1.41. The van der Waals surface area contributed by atoms with Gasteiger partial charge in [0.05, 0.1) is 19.0 Å². The van der Waals surface area contributed by atoms with Crippen molar-refractivity contribution in [1.82, 2.24) is 15.1 Å². The molecule has 0 saturated carbocycles. The van der Waals surface area contributed by atoms with Crippen LogP contribution in [0.25, 0.3) is 0 Å². The van der Waals surface area contributed by atoms with E-state index in [1.807, 2.05) is 4.68 Å². The summed E-state index contributed by atoms with van der Waals surface area (Å²) in [5, 5.41) is 7.59. The van der Waals surface area contributed by atoms with Crippen molar-refractivity contribution in [1.29, 1.82) is 0 Å². The highest BCUT2D eigenvalue weighted by Gasteiger charge is 2.09. The number of aromatic nitrogens is 2. The number of nitrogens with zero attached hydrogens (tertiary/aromatic N) is 2. The molecule has 1 N–H and O–H groups in total. The van der Waals surface area contributed by atoms with Crippen LogP contribution >= 0.6 is 0 Å². The summed E-state index contributed by atoms with van der Waals surface area (Å²) in [4.78, 5) is 0. The van der Waals surface area contributed by atoms with Crippen LogP contribution < -0.4 is 10.1 Å². The maximum Gasteiger partial charge on any atom is 0.161 e. The Balaban J connectivity index is 2.75. The smallest absolute Gasteiger partial charge is 0.161 e. The second-order valence-electron chi connectivity index (χ2n) is 3.51. The Hall–Kier alpha value is -1.03. The molecule has 80 valence electrons. The first-order chi connectivity index (χ1) is 6.69. The summed E-state index contributed by atoms with van der Waals surface area (Å²) in [6.45, 7) is 8.00. The van der Waals surface area contributed by atoms with Crippen molar-refractivity contribution in [3.8, 4) is 5.75 Å². The van der Waals surface area contributed by atoms with Crippen LogP contribution in [0.1, 0.15) is 26.5 Å². The van der Waals surface area contributed by atoms with E-state index in [4.69, 9.17) is 4.74 Å². The molecule has 14 heavy (non-hydrogen) atoms. The van der Waals surface area contributed by atoms with Crippen LogP contribution in [0.5, 0.6) is 5.75 Å². The third kappa shape index (κ3) is 2.48. The SMILES string of the molecule is CCn1ncc(OC)c1CNC(C)C. The van der Waals surface area contributed by atoms with E-state index in [-0.39, 0.29) is 0 Å². The number of hydrogen-bond acceptors (Lipinski definition) is 3. The number of rotatable bonds is 5. The summed E-state index contributed by atoms with van der Waals surface area (Å²) in [6.07, 6.45) is 1.76. The van der Waals surface area contributed by atoms with Crippen molar-refractivity contribution in [2.45, 2.75) is 39.9 Å². The minimum Gasteiger partial charge on any atom is -0.493 e. The molecule has 1 aromatic rings. The molecule has 4 heteroatoms. The molecule has 0 amide bonds. The Morgan fingerprint density at radius 1 is 1.57 bits per heavy atom. The highest BCUT2D eigenvalue weighted by atomic mass is 16.5. The second-order valence-corrected chi connectivity index (χ2v) is 3.51. The zero-order valence-corrected chi connectivity index (χ0v) is 9.37. The Kier molecular flexibility index (Phi) is 3.95. The average molecular weight is 197 g/mol. The van der Waals surface area contributed by atoms with E-state index < -0.39 is 0 Å². The first-order valence-corrected chi connectivity index (χ1v) is 5.01.